The second-order valence-electron chi connectivity index (χ2n) is 6.67. The molecule has 6 nitrogen and oxygen atoms in total. The third kappa shape index (κ3) is 6.01. The fourth-order valence-electron chi connectivity index (χ4n) is 2.81. The molecule has 6 heteroatoms. The van der Waals surface area contributed by atoms with Crippen molar-refractivity contribution in [3.8, 4) is 0 Å². The number of carboxylic acid groups (broad SMARTS) is 1. The third-order valence-electron chi connectivity index (χ3n) is 4.29. The van der Waals surface area contributed by atoms with Gasteiger partial charge in [-0.1, -0.05) is 32.1 Å². The lowest BCUT2D eigenvalue weighted by Gasteiger charge is -2.35. The highest BCUT2D eigenvalue weighted by molar-refractivity contribution is 5.86. The fourth-order valence-corrected chi connectivity index (χ4v) is 2.81. The zero-order valence-corrected chi connectivity index (χ0v) is 13.0. The molecule has 21 heavy (non-hydrogen) atoms. The Morgan fingerprint density at radius 1 is 1.29 bits per heavy atom. The number of hydrogen-bond acceptors (Lipinski definition) is 4. The van der Waals surface area contributed by atoms with Crippen molar-refractivity contribution in [2.45, 2.75) is 76.5 Å². The zero-order valence-electron chi connectivity index (χ0n) is 13.0. The van der Waals surface area contributed by atoms with Crippen LogP contribution in [-0.4, -0.2) is 39.8 Å². The highest BCUT2D eigenvalue weighted by Gasteiger charge is 2.33. The second kappa shape index (κ2) is 7.75. The van der Waals surface area contributed by atoms with Crippen LogP contribution >= 0.6 is 0 Å². The van der Waals surface area contributed by atoms with Gasteiger partial charge in [0, 0.05) is 0 Å². The predicted molar refractivity (Wildman–Crippen MR) is 79.6 cm³/mol. The molecule has 0 aliphatic heterocycles. The van der Waals surface area contributed by atoms with Crippen LogP contribution < -0.4 is 11.1 Å². The SMILES string of the molecule is CC(C)(NC(=O)[C@@H](N)CC(=O)O)C(O)CC1CCCCC1. The predicted octanol–water partition coefficient (Wildman–Crippen LogP) is 1.01. The summed E-state index contributed by atoms with van der Waals surface area (Å²) in [5, 5.41) is 21.7. The number of aliphatic carboxylic acids is 1. The fraction of sp³-hybridized carbons (Fsp3) is 0.867. The molecule has 5 N–H and O–H groups in total. The first-order valence-electron chi connectivity index (χ1n) is 7.70. The van der Waals surface area contributed by atoms with Crippen LogP contribution in [0, 0.1) is 5.92 Å². The normalized spacial score (nSPS) is 19.8. The van der Waals surface area contributed by atoms with E-state index in [-0.39, 0.29) is 0 Å². The van der Waals surface area contributed by atoms with E-state index in [1.165, 1.54) is 19.3 Å². The minimum atomic E-state index is -1.11. The summed E-state index contributed by atoms with van der Waals surface area (Å²) in [6.45, 7) is 3.48. The summed E-state index contributed by atoms with van der Waals surface area (Å²) in [4.78, 5) is 22.4. The molecule has 1 aliphatic carbocycles. The number of carbonyl (C=O) groups is 2. The number of amides is 1. The summed E-state index contributed by atoms with van der Waals surface area (Å²) >= 11 is 0. The van der Waals surface area contributed by atoms with E-state index in [2.05, 4.69) is 5.32 Å². The van der Waals surface area contributed by atoms with E-state index in [1.54, 1.807) is 13.8 Å². The molecule has 1 fully saturated rings. The Kier molecular flexibility index (Phi) is 6.61. The molecule has 0 bridgehead atoms. The van der Waals surface area contributed by atoms with E-state index in [4.69, 9.17) is 10.8 Å². The number of hydrogen-bond donors (Lipinski definition) is 4. The van der Waals surface area contributed by atoms with Crippen molar-refractivity contribution < 1.29 is 19.8 Å². The zero-order chi connectivity index (χ0) is 16.0. The van der Waals surface area contributed by atoms with E-state index in [0.717, 1.165) is 12.8 Å². The van der Waals surface area contributed by atoms with Gasteiger partial charge < -0.3 is 21.3 Å². The van der Waals surface area contributed by atoms with Gasteiger partial charge in [0.2, 0.25) is 5.91 Å². The van der Waals surface area contributed by atoms with Crippen LogP contribution in [0.15, 0.2) is 0 Å². The molecule has 0 saturated heterocycles. The van der Waals surface area contributed by atoms with Crippen LogP contribution in [0.25, 0.3) is 0 Å². The summed E-state index contributed by atoms with van der Waals surface area (Å²) in [5.74, 6) is -1.15. The van der Waals surface area contributed by atoms with Gasteiger partial charge in [-0.2, -0.15) is 0 Å². The smallest absolute Gasteiger partial charge is 0.305 e. The minimum Gasteiger partial charge on any atom is -0.481 e. The van der Waals surface area contributed by atoms with Crippen molar-refractivity contribution in [3.63, 3.8) is 0 Å². The average molecular weight is 300 g/mol. The molecule has 0 spiro atoms. The van der Waals surface area contributed by atoms with Crippen molar-refractivity contribution in [3.05, 3.63) is 0 Å². The second-order valence-corrected chi connectivity index (χ2v) is 6.67. The Hall–Kier alpha value is -1.14. The van der Waals surface area contributed by atoms with E-state index in [9.17, 15) is 14.7 Å². The van der Waals surface area contributed by atoms with Crippen molar-refractivity contribution in [2.24, 2.45) is 11.7 Å². The largest absolute Gasteiger partial charge is 0.481 e. The van der Waals surface area contributed by atoms with Gasteiger partial charge in [0.05, 0.1) is 24.1 Å². The maximum Gasteiger partial charge on any atom is 0.305 e. The lowest BCUT2D eigenvalue weighted by atomic mass is 9.81. The molecule has 0 radical (unpaired) electrons. The standard InChI is InChI=1S/C15H28N2O4/c1-15(2,17-14(21)11(16)9-13(19)20)12(18)8-10-6-4-3-5-7-10/h10-12,18H,3-9,16H2,1-2H3,(H,17,21)(H,19,20)/t11-,12?/m0/s1. The van der Waals surface area contributed by atoms with Crippen LogP contribution in [0.5, 0.6) is 0 Å². The molecule has 0 aromatic rings. The third-order valence-corrected chi connectivity index (χ3v) is 4.29. The first-order valence-corrected chi connectivity index (χ1v) is 7.70. The number of nitrogens with one attached hydrogen (secondary N) is 1. The van der Waals surface area contributed by atoms with E-state index >= 15 is 0 Å². The number of rotatable bonds is 7. The topological polar surface area (TPSA) is 113 Å². The maximum atomic E-state index is 11.9. The van der Waals surface area contributed by atoms with Gasteiger partial charge in [-0.05, 0) is 26.2 Å². The van der Waals surface area contributed by atoms with Gasteiger partial charge in [-0.3, -0.25) is 9.59 Å². The first-order chi connectivity index (χ1) is 9.72. The number of aliphatic hydroxyl groups is 1. The van der Waals surface area contributed by atoms with Crippen LogP contribution in [0.4, 0.5) is 0 Å². The minimum absolute atomic E-state index is 0.416. The summed E-state index contributed by atoms with van der Waals surface area (Å²) in [7, 11) is 0. The maximum absolute atomic E-state index is 11.9. The Bertz CT molecular complexity index is 365. The van der Waals surface area contributed by atoms with Crippen LogP contribution in [-0.2, 0) is 9.59 Å². The van der Waals surface area contributed by atoms with Crippen molar-refractivity contribution in [2.75, 3.05) is 0 Å². The van der Waals surface area contributed by atoms with Crippen LogP contribution in [0.1, 0.15) is 58.8 Å². The number of carbonyl (C=O) groups excluding carboxylic acids is 1. The first kappa shape index (κ1) is 17.9. The molecule has 1 amide bonds. The van der Waals surface area contributed by atoms with Gasteiger partial charge in [-0.15, -0.1) is 0 Å². The monoisotopic (exact) mass is 300 g/mol. The molecule has 1 aliphatic rings. The molecule has 0 aromatic heterocycles. The van der Waals surface area contributed by atoms with E-state index in [0.29, 0.717) is 12.3 Å². The molecule has 2 atom stereocenters. The van der Waals surface area contributed by atoms with Crippen LogP contribution in [0.3, 0.4) is 0 Å². The quantitative estimate of drug-likeness (QED) is 0.560. The van der Waals surface area contributed by atoms with Crippen LogP contribution in [0.2, 0.25) is 0 Å². The van der Waals surface area contributed by atoms with Gasteiger partial charge in [-0.25, -0.2) is 0 Å². The molecule has 0 heterocycles. The molecule has 0 aromatic carbocycles. The average Bonchev–Trinajstić information content (AvgIpc) is 2.38. The number of aliphatic hydroxyl groups excluding tert-OH is 1. The summed E-state index contributed by atoms with van der Waals surface area (Å²) in [6.07, 6.45) is 5.49. The Labute approximate surface area is 126 Å². The lowest BCUT2D eigenvalue weighted by molar-refractivity contribution is -0.140. The lowest BCUT2D eigenvalue weighted by Crippen LogP contribution is -2.57. The summed E-state index contributed by atoms with van der Waals surface area (Å²) in [5.41, 5.74) is 4.72. The highest BCUT2D eigenvalue weighted by atomic mass is 16.4. The molecule has 1 unspecified atom stereocenters. The van der Waals surface area contributed by atoms with Crippen molar-refractivity contribution in [1.29, 1.82) is 0 Å². The number of nitrogens with two attached hydrogens (primary N) is 1. The molecular weight excluding hydrogens is 272 g/mol. The molecular formula is C15H28N2O4. The van der Waals surface area contributed by atoms with E-state index < -0.39 is 36.0 Å². The van der Waals surface area contributed by atoms with Crippen molar-refractivity contribution in [1.82, 2.24) is 5.32 Å². The van der Waals surface area contributed by atoms with Gasteiger partial charge >= 0.3 is 5.97 Å². The Morgan fingerprint density at radius 2 is 1.86 bits per heavy atom. The Morgan fingerprint density at radius 3 is 2.38 bits per heavy atom. The number of carboxylic acids is 1. The van der Waals surface area contributed by atoms with Gasteiger partial charge in [0.15, 0.2) is 0 Å². The summed E-state index contributed by atoms with van der Waals surface area (Å²) in [6, 6.07) is -1.09. The highest BCUT2D eigenvalue weighted by Crippen LogP contribution is 2.29. The van der Waals surface area contributed by atoms with Gasteiger partial charge in [0.25, 0.3) is 0 Å². The van der Waals surface area contributed by atoms with Crippen molar-refractivity contribution >= 4 is 11.9 Å². The molecule has 1 saturated carbocycles. The Balaban J connectivity index is 2.49. The van der Waals surface area contributed by atoms with Gasteiger partial charge in [0.1, 0.15) is 0 Å². The summed E-state index contributed by atoms with van der Waals surface area (Å²) < 4.78 is 0. The molecule has 122 valence electrons. The molecule has 1 rings (SSSR count). The van der Waals surface area contributed by atoms with E-state index in [1.807, 2.05) is 0 Å².